The third-order valence-corrected chi connectivity index (χ3v) is 4.17. The number of likely N-dealkylation sites (N-methyl/N-ethyl adjacent to an activating group) is 1. The highest BCUT2D eigenvalue weighted by molar-refractivity contribution is 5.93. The normalized spacial score (nSPS) is 11.6. The van der Waals surface area contributed by atoms with Crippen molar-refractivity contribution < 1.29 is 22.5 Å². The number of anilines is 1. The number of nitrogens with one attached hydrogen (secondary N) is 1. The van der Waals surface area contributed by atoms with Crippen molar-refractivity contribution in [3.8, 4) is 11.5 Å². The SMILES string of the molecule is CCN(CC(=O)Nc1ccccc1C(F)(F)F)Cc1noc(-c2ccccc2)n1. The van der Waals surface area contributed by atoms with Crippen molar-refractivity contribution in [2.75, 3.05) is 18.4 Å². The Morgan fingerprint density at radius 2 is 1.79 bits per heavy atom. The number of amides is 1. The van der Waals surface area contributed by atoms with Crippen LogP contribution in [0.3, 0.4) is 0 Å². The van der Waals surface area contributed by atoms with Crippen molar-refractivity contribution in [3.63, 3.8) is 0 Å². The molecule has 9 heteroatoms. The van der Waals surface area contributed by atoms with Crippen molar-refractivity contribution >= 4 is 11.6 Å². The van der Waals surface area contributed by atoms with Crippen LogP contribution in [0.15, 0.2) is 59.1 Å². The molecule has 3 aromatic rings. The maximum atomic E-state index is 13.1. The highest BCUT2D eigenvalue weighted by atomic mass is 19.4. The molecule has 1 amide bonds. The Labute approximate surface area is 165 Å². The first-order valence-electron chi connectivity index (χ1n) is 8.93. The first-order chi connectivity index (χ1) is 13.9. The minimum absolute atomic E-state index is 0.113. The van der Waals surface area contributed by atoms with Gasteiger partial charge in [-0.05, 0) is 30.8 Å². The Balaban J connectivity index is 1.64. The quantitative estimate of drug-likeness (QED) is 0.639. The summed E-state index contributed by atoms with van der Waals surface area (Å²) in [5.41, 5.74) is -0.384. The monoisotopic (exact) mass is 404 g/mol. The molecule has 0 bridgehead atoms. The van der Waals surface area contributed by atoms with Crippen molar-refractivity contribution in [1.29, 1.82) is 0 Å². The van der Waals surface area contributed by atoms with Crippen LogP contribution >= 0.6 is 0 Å². The number of halogens is 3. The summed E-state index contributed by atoms with van der Waals surface area (Å²) in [6.07, 6.45) is -4.55. The molecule has 152 valence electrons. The highest BCUT2D eigenvalue weighted by Crippen LogP contribution is 2.34. The van der Waals surface area contributed by atoms with E-state index in [1.165, 1.54) is 18.2 Å². The third-order valence-electron chi connectivity index (χ3n) is 4.17. The number of alkyl halides is 3. The lowest BCUT2D eigenvalue weighted by molar-refractivity contribution is -0.137. The Hall–Kier alpha value is -3.20. The van der Waals surface area contributed by atoms with Crippen molar-refractivity contribution in [3.05, 3.63) is 66.0 Å². The van der Waals surface area contributed by atoms with Gasteiger partial charge in [0.05, 0.1) is 24.3 Å². The number of benzene rings is 2. The molecular weight excluding hydrogens is 385 g/mol. The molecule has 0 aliphatic carbocycles. The fourth-order valence-corrected chi connectivity index (χ4v) is 2.73. The smallest absolute Gasteiger partial charge is 0.334 e. The second kappa shape index (κ2) is 8.87. The largest absolute Gasteiger partial charge is 0.418 e. The van der Waals surface area contributed by atoms with Crippen LogP contribution in [0.25, 0.3) is 11.5 Å². The Morgan fingerprint density at radius 1 is 1.10 bits per heavy atom. The summed E-state index contributed by atoms with van der Waals surface area (Å²) < 4.78 is 44.4. The second-order valence-corrected chi connectivity index (χ2v) is 6.28. The first kappa shape index (κ1) is 20.5. The van der Waals surface area contributed by atoms with Gasteiger partial charge in [0.15, 0.2) is 5.82 Å². The molecule has 0 saturated heterocycles. The maximum Gasteiger partial charge on any atom is 0.418 e. The predicted octanol–water partition coefficient (Wildman–Crippen LogP) is 4.22. The van der Waals surface area contributed by atoms with Gasteiger partial charge < -0.3 is 9.84 Å². The Bertz CT molecular complexity index is 958. The molecule has 0 atom stereocenters. The van der Waals surface area contributed by atoms with Crippen LogP contribution in [0.2, 0.25) is 0 Å². The molecule has 29 heavy (non-hydrogen) atoms. The zero-order valence-corrected chi connectivity index (χ0v) is 15.6. The van der Waals surface area contributed by atoms with E-state index in [1.54, 1.807) is 4.90 Å². The van der Waals surface area contributed by atoms with Gasteiger partial charge in [-0.3, -0.25) is 9.69 Å². The zero-order valence-electron chi connectivity index (χ0n) is 15.6. The van der Waals surface area contributed by atoms with Gasteiger partial charge in [-0.2, -0.15) is 18.2 Å². The van der Waals surface area contributed by atoms with Crippen molar-refractivity contribution in [2.24, 2.45) is 0 Å². The lowest BCUT2D eigenvalue weighted by Gasteiger charge is -2.19. The third kappa shape index (κ3) is 5.41. The standard InChI is InChI=1S/C20H19F3N4O2/c1-2-27(12-17-25-19(29-26-17)14-8-4-3-5-9-14)13-18(28)24-16-11-7-6-10-15(16)20(21,22)23/h3-11H,2,12-13H2,1H3,(H,24,28). The van der Waals surface area contributed by atoms with Gasteiger partial charge in [0.2, 0.25) is 5.91 Å². The van der Waals surface area contributed by atoms with Crippen molar-refractivity contribution in [1.82, 2.24) is 15.0 Å². The van der Waals surface area contributed by atoms with Crippen LogP contribution < -0.4 is 5.32 Å². The molecule has 0 spiro atoms. The van der Waals surface area contributed by atoms with E-state index in [0.29, 0.717) is 18.3 Å². The van der Waals surface area contributed by atoms with E-state index in [-0.39, 0.29) is 18.8 Å². The van der Waals surface area contributed by atoms with E-state index in [9.17, 15) is 18.0 Å². The van der Waals surface area contributed by atoms with Gasteiger partial charge in [-0.25, -0.2) is 0 Å². The molecule has 6 nitrogen and oxygen atoms in total. The summed E-state index contributed by atoms with van der Waals surface area (Å²) in [6, 6.07) is 14.1. The fourth-order valence-electron chi connectivity index (χ4n) is 2.73. The van der Waals surface area contributed by atoms with E-state index in [0.717, 1.165) is 11.6 Å². The molecule has 0 unspecified atom stereocenters. The average Bonchev–Trinajstić information content (AvgIpc) is 3.16. The molecule has 0 aliphatic rings. The van der Waals surface area contributed by atoms with E-state index in [2.05, 4.69) is 15.5 Å². The first-order valence-corrected chi connectivity index (χ1v) is 8.93. The van der Waals surface area contributed by atoms with Gasteiger partial charge in [0.1, 0.15) is 0 Å². The summed E-state index contributed by atoms with van der Waals surface area (Å²) in [5.74, 6) is 0.185. The molecule has 1 aromatic heterocycles. The van der Waals surface area contributed by atoms with E-state index < -0.39 is 17.6 Å². The number of aromatic nitrogens is 2. The summed E-state index contributed by atoms with van der Waals surface area (Å²) in [4.78, 5) is 18.3. The molecule has 0 radical (unpaired) electrons. The van der Waals surface area contributed by atoms with Crippen LogP contribution in [-0.4, -0.2) is 34.0 Å². The number of rotatable bonds is 7. The predicted molar refractivity (Wildman–Crippen MR) is 101 cm³/mol. The van der Waals surface area contributed by atoms with Crippen LogP contribution in [-0.2, 0) is 17.5 Å². The number of nitrogens with zero attached hydrogens (tertiary/aromatic N) is 3. The summed E-state index contributed by atoms with van der Waals surface area (Å²) >= 11 is 0. The van der Waals surface area contributed by atoms with Crippen LogP contribution in [0, 0.1) is 0 Å². The highest BCUT2D eigenvalue weighted by Gasteiger charge is 2.33. The molecule has 0 fully saturated rings. The summed E-state index contributed by atoms with van der Waals surface area (Å²) in [6.45, 7) is 2.41. The summed E-state index contributed by atoms with van der Waals surface area (Å²) in [7, 11) is 0. The van der Waals surface area contributed by atoms with Crippen molar-refractivity contribution in [2.45, 2.75) is 19.6 Å². The van der Waals surface area contributed by atoms with Gasteiger partial charge in [-0.1, -0.05) is 42.4 Å². The van der Waals surface area contributed by atoms with Gasteiger partial charge in [-0.15, -0.1) is 0 Å². The molecule has 0 aliphatic heterocycles. The van der Waals surface area contributed by atoms with E-state index >= 15 is 0 Å². The second-order valence-electron chi connectivity index (χ2n) is 6.28. The zero-order chi connectivity index (χ0) is 20.9. The van der Waals surface area contributed by atoms with Crippen LogP contribution in [0.1, 0.15) is 18.3 Å². The lowest BCUT2D eigenvalue weighted by atomic mass is 10.1. The number of para-hydroxylation sites is 1. The average molecular weight is 404 g/mol. The molecule has 0 saturated carbocycles. The molecular formula is C20H19F3N4O2. The van der Waals surface area contributed by atoms with E-state index in [4.69, 9.17) is 4.52 Å². The molecule has 1 N–H and O–H groups in total. The lowest BCUT2D eigenvalue weighted by Crippen LogP contribution is -2.33. The minimum atomic E-state index is -4.55. The number of carbonyl (C=O) groups is 1. The Kier molecular flexibility index (Phi) is 6.28. The van der Waals surface area contributed by atoms with Gasteiger partial charge in [0, 0.05) is 5.56 Å². The number of hydrogen-bond donors (Lipinski definition) is 1. The fraction of sp³-hybridized carbons (Fsp3) is 0.250. The van der Waals surface area contributed by atoms with Gasteiger partial charge >= 0.3 is 6.18 Å². The van der Waals surface area contributed by atoms with E-state index in [1.807, 2.05) is 37.3 Å². The molecule has 2 aromatic carbocycles. The topological polar surface area (TPSA) is 71.3 Å². The maximum absolute atomic E-state index is 13.1. The minimum Gasteiger partial charge on any atom is -0.334 e. The van der Waals surface area contributed by atoms with Crippen LogP contribution in [0.4, 0.5) is 18.9 Å². The van der Waals surface area contributed by atoms with Crippen LogP contribution in [0.5, 0.6) is 0 Å². The van der Waals surface area contributed by atoms with Gasteiger partial charge in [0.25, 0.3) is 5.89 Å². The summed E-state index contributed by atoms with van der Waals surface area (Å²) in [5, 5.41) is 6.24. The Morgan fingerprint density at radius 3 is 2.48 bits per heavy atom. The molecule has 1 heterocycles. The number of hydrogen-bond acceptors (Lipinski definition) is 5. The number of carbonyl (C=O) groups excluding carboxylic acids is 1. The molecule has 3 rings (SSSR count).